The Morgan fingerprint density at radius 3 is 2.25 bits per heavy atom. The van der Waals surface area contributed by atoms with Crippen LogP contribution in [0.2, 0.25) is 0 Å². The van der Waals surface area contributed by atoms with Crippen molar-refractivity contribution in [3.05, 3.63) is 56.2 Å². The summed E-state index contributed by atoms with van der Waals surface area (Å²) < 4.78 is 26.6. The first-order valence-electron chi connectivity index (χ1n) is 4.32. The van der Waals surface area contributed by atoms with Crippen molar-refractivity contribution < 1.29 is 13.6 Å². The molecule has 1 aromatic carbocycles. The fourth-order valence-electron chi connectivity index (χ4n) is 1.26. The minimum Gasteiger partial charge on any atom is -0.288 e. The second-order valence-corrected chi connectivity index (χ2v) is 5.55. The predicted molar refractivity (Wildman–Crippen MR) is 61.8 cm³/mol. The summed E-state index contributed by atoms with van der Waals surface area (Å²) in [6.07, 6.45) is 0. The summed E-state index contributed by atoms with van der Waals surface area (Å²) in [7, 11) is 0. The van der Waals surface area contributed by atoms with Gasteiger partial charge in [0, 0.05) is 11.6 Å². The highest BCUT2D eigenvalue weighted by Crippen LogP contribution is 2.24. The molecule has 2 rings (SSSR count). The lowest BCUT2D eigenvalue weighted by Gasteiger charge is -1.98. The fourth-order valence-corrected chi connectivity index (χ4v) is 2.61. The molecule has 0 aliphatic heterocycles. The van der Waals surface area contributed by atoms with E-state index in [0.717, 1.165) is 22.0 Å². The van der Waals surface area contributed by atoms with Crippen LogP contribution >= 0.6 is 27.3 Å². The van der Waals surface area contributed by atoms with Crippen LogP contribution in [0.15, 0.2) is 34.1 Å². The second kappa shape index (κ2) is 4.43. The van der Waals surface area contributed by atoms with Gasteiger partial charge in [-0.05, 0) is 40.2 Å². The highest BCUT2D eigenvalue weighted by atomic mass is 79.9. The molecule has 1 nitrogen and oxygen atoms in total. The molecule has 0 bridgehead atoms. The van der Waals surface area contributed by atoms with Crippen molar-refractivity contribution in [2.75, 3.05) is 0 Å². The Morgan fingerprint density at radius 2 is 1.75 bits per heavy atom. The molecule has 0 amide bonds. The van der Waals surface area contributed by atoms with E-state index in [2.05, 4.69) is 15.9 Å². The molecule has 0 fully saturated rings. The van der Waals surface area contributed by atoms with Gasteiger partial charge in [0.25, 0.3) is 0 Å². The number of hydrogen-bond acceptors (Lipinski definition) is 2. The monoisotopic (exact) mass is 302 g/mol. The third-order valence-electron chi connectivity index (χ3n) is 1.92. The Balaban J connectivity index is 2.41. The topological polar surface area (TPSA) is 17.1 Å². The van der Waals surface area contributed by atoms with Gasteiger partial charge in [-0.3, -0.25) is 4.79 Å². The van der Waals surface area contributed by atoms with Gasteiger partial charge >= 0.3 is 0 Å². The van der Waals surface area contributed by atoms with Gasteiger partial charge < -0.3 is 0 Å². The molecule has 0 N–H and O–H groups in total. The van der Waals surface area contributed by atoms with Crippen molar-refractivity contribution in [1.82, 2.24) is 0 Å². The van der Waals surface area contributed by atoms with Gasteiger partial charge in [-0.2, -0.15) is 0 Å². The van der Waals surface area contributed by atoms with E-state index in [1.807, 2.05) is 0 Å². The Morgan fingerprint density at radius 1 is 1.12 bits per heavy atom. The summed E-state index contributed by atoms with van der Waals surface area (Å²) in [5.74, 6) is -1.88. The standard InChI is InChI=1S/C11H5BrF2OS/c12-10-2-1-9(16-10)11(15)6-3-7(13)5-8(14)4-6/h1-5H. The van der Waals surface area contributed by atoms with E-state index in [4.69, 9.17) is 0 Å². The van der Waals surface area contributed by atoms with Crippen molar-refractivity contribution in [2.45, 2.75) is 0 Å². The van der Waals surface area contributed by atoms with Crippen LogP contribution in [0.3, 0.4) is 0 Å². The van der Waals surface area contributed by atoms with Crippen molar-refractivity contribution in [3.63, 3.8) is 0 Å². The van der Waals surface area contributed by atoms with Crippen molar-refractivity contribution >= 4 is 33.0 Å². The normalized spacial score (nSPS) is 10.4. The van der Waals surface area contributed by atoms with E-state index < -0.39 is 11.6 Å². The smallest absolute Gasteiger partial charge is 0.203 e. The third-order valence-corrected chi connectivity index (χ3v) is 3.54. The first kappa shape index (κ1) is 11.4. The molecule has 0 saturated heterocycles. The SMILES string of the molecule is O=C(c1cc(F)cc(F)c1)c1ccc(Br)s1. The summed E-state index contributed by atoms with van der Waals surface area (Å²) in [5, 5.41) is 0. The number of halogens is 3. The summed E-state index contributed by atoms with van der Waals surface area (Å²) in [6, 6.07) is 6.12. The van der Waals surface area contributed by atoms with Gasteiger partial charge in [-0.15, -0.1) is 11.3 Å². The van der Waals surface area contributed by atoms with Crippen molar-refractivity contribution in [3.8, 4) is 0 Å². The Bertz CT molecular complexity index is 530. The molecule has 16 heavy (non-hydrogen) atoms. The second-order valence-electron chi connectivity index (χ2n) is 3.09. The lowest BCUT2D eigenvalue weighted by molar-refractivity contribution is 0.104. The Hall–Kier alpha value is -1.07. The molecule has 0 unspecified atom stereocenters. The van der Waals surface area contributed by atoms with Crippen LogP contribution in [0.5, 0.6) is 0 Å². The first-order valence-corrected chi connectivity index (χ1v) is 5.93. The minimum atomic E-state index is -0.751. The number of carbonyl (C=O) groups is 1. The molecule has 0 saturated carbocycles. The van der Waals surface area contributed by atoms with Crippen LogP contribution in [0.4, 0.5) is 8.78 Å². The highest BCUT2D eigenvalue weighted by Gasteiger charge is 2.13. The third kappa shape index (κ3) is 2.36. The summed E-state index contributed by atoms with van der Waals surface area (Å²) in [6.45, 7) is 0. The predicted octanol–water partition coefficient (Wildman–Crippen LogP) is 4.02. The van der Waals surface area contributed by atoms with E-state index in [1.165, 1.54) is 11.3 Å². The molecule has 0 aliphatic carbocycles. The van der Waals surface area contributed by atoms with Crippen LogP contribution in [0.1, 0.15) is 15.2 Å². The number of carbonyl (C=O) groups excluding carboxylic acids is 1. The molecule has 1 heterocycles. The summed E-state index contributed by atoms with van der Waals surface area (Å²) in [4.78, 5) is 12.3. The molecule has 0 atom stereocenters. The van der Waals surface area contributed by atoms with E-state index in [1.54, 1.807) is 12.1 Å². The number of ketones is 1. The zero-order valence-electron chi connectivity index (χ0n) is 7.84. The van der Waals surface area contributed by atoms with E-state index >= 15 is 0 Å². The maximum Gasteiger partial charge on any atom is 0.203 e. The molecule has 0 radical (unpaired) electrons. The number of rotatable bonds is 2. The van der Waals surface area contributed by atoms with E-state index in [0.29, 0.717) is 4.88 Å². The lowest BCUT2D eigenvalue weighted by Crippen LogP contribution is -2.00. The zero-order chi connectivity index (χ0) is 11.7. The molecule has 5 heteroatoms. The molecule has 82 valence electrons. The van der Waals surface area contributed by atoms with Gasteiger partial charge in [0.2, 0.25) is 5.78 Å². The average Bonchev–Trinajstić information content (AvgIpc) is 2.62. The van der Waals surface area contributed by atoms with Gasteiger partial charge in [-0.25, -0.2) is 8.78 Å². The zero-order valence-corrected chi connectivity index (χ0v) is 10.2. The molecule has 1 aromatic heterocycles. The Kier molecular flexibility index (Phi) is 3.16. The quantitative estimate of drug-likeness (QED) is 0.766. The highest BCUT2D eigenvalue weighted by molar-refractivity contribution is 9.11. The molecular formula is C11H5BrF2OS. The number of hydrogen-bond donors (Lipinski definition) is 0. The minimum absolute atomic E-state index is 0.0202. The van der Waals surface area contributed by atoms with Crippen molar-refractivity contribution in [1.29, 1.82) is 0 Å². The van der Waals surface area contributed by atoms with E-state index in [-0.39, 0.29) is 11.3 Å². The van der Waals surface area contributed by atoms with Gasteiger partial charge in [-0.1, -0.05) is 0 Å². The molecule has 0 aliphatic rings. The number of thiophene rings is 1. The number of benzene rings is 1. The van der Waals surface area contributed by atoms with Crippen LogP contribution in [0.25, 0.3) is 0 Å². The van der Waals surface area contributed by atoms with E-state index in [9.17, 15) is 13.6 Å². The maximum absolute atomic E-state index is 12.9. The summed E-state index contributed by atoms with van der Waals surface area (Å²) in [5.41, 5.74) is 0.0202. The van der Waals surface area contributed by atoms with Gasteiger partial charge in [0.1, 0.15) is 11.6 Å². The van der Waals surface area contributed by atoms with Crippen LogP contribution in [0, 0.1) is 11.6 Å². The largest absolute Gasteiger partial charge is 0.288 e. The van der Waals surface area contributed by atoms with Crippen LogP contribution in [-0.2, 0) is 0 Å². The lowest BCUT2D eigenvalue weighted by atomic mass is 10.1. The fraction of sp³-hybridized carbons (Fsp3) is 0. The first-order chi connectivity index (χ1) is 7.56. The summed E-state index contributed by atoms with van der Waals surface area (Å²) >= 11 is 4.44. The molecule has 0 spiro atoms. The van der Waals surface area contributed by atoms with Crippen LogP contribution < -0.4 is 0 Å². The van der Waals surface area contributed by atoms with Crippen molar-refractivity contribution in [2.24, 2.45) is 0 Å². The van der Waals surface area contributed by atoms with Gasteiger partial charge in [0.05, 0.1) is 8.66 Å². The van der Waals surface area contributed by atoms with Gasteiger partial charge in [0.15, 0.2) is 0 Å². The Labute approximate surface area is 103 Å². The average molecular weight is 303 g/mol. The molecule has 2 aromatic rings. The maximum atomic E-state index is 12.9. The molecular weight excluding hydrogens is 298 g/mol. The van der Waals surface area contributed by atoms with Crippen LogP contribution in [-0.4, -0.2) is 5.78 Å².